The predicted molar refractivity (Wildman–Crippen MR) is 147 cm³/mol. The van der Waals surface area contributed by atoms with Gasteiger partial charge in [0.05, 0.1) is 22.3 Å². The Balaban J connectivity index is 1.49. The molecule has 3 aromatic carbocycles. The summed E-state index contributed by atoms with van der Waals surface area (Å²) in [6.45, 7) is 7.38. The molecular weight excluding hydrogens is 470 g/mol. The summed E-state index contributed by atoms with van der Waals surface area (Å²) >= 11 is 1.35. The standard InChI is InChI=1S/C28H29N5O2S/c1-4-31(23-15-9-11-20-10-5-6-12-21(20)23)25(34)18-36-28-30-29-27-32(17-16-19(2)3)26(35)22-13-7-8-14-24(22)33(27)28/h5-15,19H,4,16-18H2,1-3H3. The highest BCUT2D eigenvalue weighted by Gasteiger charge is 2.20. The maximum Gasteiger partial charge on any atom is 0.262 e. The van der Waals surface area contributed by atoms with E-state index in [9.17, 15) is 9.59 Å². The lowest BCUT2D eigenvalue weighted by Gasteiger charge is -2.22. The number of amides is 1. The largest absolute Gasteiger partial charge is 0.311 e. The van der Waals surface area contributed by atoms with Crippen LogP contribution in [-0.4, -0.2) is 37.4 Å². The van der Waals surface area contributed by atoms with Crippen molar-refractivity contribution in [3.05, 3.63) is 77.1 Å². The van der Waals surface area contributed by atoms with Crippen molar-refractivity contribution in [1.82, 2.24) is 19.2 Å². The Kier molecular flexibility index (Phi) is 6.78. The van der Waals surface area contributed by atoms with E-state index in [0.29, 0.717) is 35.3 Å². The molecule has 36 heavy (non-hydrogen) atoms. The first-order chi connectivity index (χ1) is 17.5. The molecule has 0 aliphatic rings. The van der Waals surface area contributed by atoms with Crippen molar-refractivity contribution in [2.24, 2.45) is 5.92 Å². The van der Waals surface area contributed by atoms with Gasteiger partial charge in [-0.15, -0.1) is 10.2 Å². The maximum atomic E-state index is 13.4. The summed E-state index contributed by atoms with van der Waals surface area (Å²) in [5, 5.41) is 12.1. The second-order valence-electron chi connectivity index (χ2n) is 9.20. The summed E-state index contributed by atoms with van der Waals surface area (Å²) in [6.07, 6.45) is 0.859. The Labute approximate surface area is 213 Å². The zero-order valence-corrected chi connectivity index (χ0v) is 21.5. The number of carbonyl (C=O) groups excluding carboxylic acids is 1. The van der Waals surface area contributed by atoms with Crippen molar-refractivity contribution in [2.75, 3.05) is 17.2 Å². The molecular formula is C28H29N5O2S. The molecule has 0 saturated carbocycles. The monoisotopic (exact) mass is 499 g/mol. The number of benzene rings is 3. The van der Waals surface area contributed by atoms with Gasteiger partial charge in [0.2, 0.25) is 11.7 Å². The molecule has 0 bridgehead atoms. The van der Waals surface area contributed by atoms with Crippen LogP contribution in [-0.2, 0) is 11.3 Å². The topological polar surface area (TPSA) is 72.5 Å². The van der Waals surface area contributed by atoms with Crippen molar-refractivity contribution in [1.29, 1.82) is 0 Å². The quantitative estimate of drug-likeness (QED) is 0.268. The highest BCUT2D eigenvalue weighted by molar-refractivity contribution is 7.99. The lowest BCUT2D eigenvalue weighted by molar-refractivity contribution is -0.116. The van der Waals surface area contributed by atoms with E-state index in [0.717, 1.165) is 28.4 Å². The van der Waals surface area contributed by atoms with Gasteiger partial charge < -0.3 is 4.90 Å². The van der Waals surface area contributed by atoms with Gasteiger partial charge in [-0.1, -0.05) is 74.1 Å². The van der Waals surface area contributed by atoms with Gasteiger partial charge in [0, 0.05) is 18.5 Å². The van der Waals surface area contributed by atoms with Gasteiger partial charge in [-0.05, 0) is 42.8 Å². The van der Waals surface area contributed by atoms with Crippen LogP contribution in [0.25, 0.3) is 27.5 Å². The average Bonchev–Trinajstić information content (AvgIpc) is 3.32. The summed E-state index contributed by atoms with van der Waals surface area (Å²) in [5.41, 5.74) is 1.59. The minimum Gasteiger partial charge on any atom is -0.311 e. The van der Waals surface area contributed by atoms with E-state index in [-0.39, 0.29) is 17.2 Å². The van der Waals surface area contributed by atoms with Crippen molar-refractivity contribution < 1.29 is 4.79 Å². The van der Waals surface area contributed by atoms with Crippen molar-refractivity contribution in [2.45, 2.75) is 38.9 Å². The van der Waals surface area contributed by atoms with Crippen LogP contribution in [0, 0.1) is 5.92 Å². The van der Waals surface area contributed by atoms with E-state index in [1.165, 1.54) is 11.8 Å². The Morgan fingerprint density at radius 3 is 2.47 bits per heavy atom. The van der Waals surface area contributed by atoms with E-state index >= 15 is 0 Å². The summed E-state index contributed by atoms with van der Waals surface area (Å²) in [6, 6.07) is 21.6. The molecule has 2 heterocycles. The number of aromatic nitrogens is 4. The fourth-order valence-corrected chi connectivity index (χ4v) is 5.36. The molecule has 0 radical (unpaired) electrons. The highest BCUT2D eigenvalue weighted by atomic mass is 32.2. The van der Waals surface area contributed by atoms with Gasteiger partial charge in [-0.25, -0.2) is 0 Å². The molecule has 5 rings (SSSR count). The number of anilines is 1. The van der Waals surface area contributed by atoms with Crippen LogP contribution in [0.3, 0.4) is 0 Å². The zero-order valence-electron chi connectivity index (χ0n) is 20.7. The Morgan fingerprint density at radius 1 is 0.972 bits per heavy atom. The molecule has 1 amide bonds. The predicted octanol–water partition coefficient (Wildman–Crippen LogP) is 5.39. The third-order valence-corrected chi connectivity index (χ3v) is 7.32. The van der Waals surface area contributed by atoms with Crippen molar-refractivity contribution in [3.8, 4) is 0 Å². The second-order valence-corrected chi connectivity index (χ2v) is 10.1. The first kappa shape index (κ1) is 24.1. The van der Waals surface area contributed by atoms with E-state index in [4.69, 9.17) is 0 Å². The summed E-state index contributed by atoms with van der Waals surface area (Å²) in [5.74, 6) is 1.16. The third kappa shape index (κ3) is 4.37. The zero-order chi connectivity index (χ0) is 25.2. The minimum absolute atomic E-state index is 0.00645. The van der Waals surface area contributed by atoms with Gasteiger partial charge in [0.15, 0.2) is 5.16 Å². The number of nitrogens with zero attached hydrogens (tertiary/aromatic N) is 5. The van der Waals surface area contributed by atoms with Crippen molar-refractivity contribution >= 4 is 50.8 Å². The number of carbonyl (C=O) groups is 1. The van der Waals surface area contributed by atoms with Crippen LogP contribution in [0.2, 0.25) is 0 Å². The molecule has 0 fully saturated rings. The third-order valence-electron chi connectivity index (χ3n) is 6.41. The Hall–Kier alpha value is -3.65. The van der Waals surface area contributed by atoms with Crippen LogP contribution in [0.5, 0.6) is 0 Å². The molecule has 5 aromatic rings. The van der Waals surface area contributed by atoms with Gasteiger partial charge in [-0.2, -0.15) is 0 Å². The highest BCUT2D eigenvalue weighted by Crippen LogP contribution is 2.28. The van der Waals surface area contributed by atoms with Crippen LogP contribution in [0.15, 0.2) is 76.7 Å². The fraction of sp³-hybridized carbons (Fsp3) is 0.286. The summed E-state index contributed by atoms with van der Waals surface area (Å²) < 4.78 is 3.61. The van der Waals surface area contributed by atoms with Crippen molar-refractivity contribution in [3.63, 3.8) is 0 Å². The maximum absolute atomic E-state index is 13.4. The SMILES string of the molecule is CCN(C(=O)CSc1nnc2n(CCC(C)C)c(=O)c3ccccc3n12)c1cccc2ccccc12. The fourth-order valence-electron chi connectivity index (χ4n) is 4.54. The van der Waals surface area contributed by atoms with Crippen LogP contribution in [0.1, 0.15) is 27.2 Å². The number of hydrogen-bond donors (Lipinski definition) is 0. The molecule has 0 atom stereocenters. The molecule has 7 nitrogen and oxygen atoms in total. The van der Waals surface area contributed by atoms with Crippen LogP contribution < -0.4 is 10.5 Å². The molecule has 0 saturated heterocycles. The Bertz CT molecular complexity index is 1620. The van der Waals surface area contributed by atoms with Crippen LogP contribution in [0.4, 0.5) is 5.69 Å². The second kappa shape index (κ2) is 10.1. The first-order valence-corrected chi connectivity index (χ1v) is 13.3. The van der Waals surface area contributed by atoms with E-state index < -0.39 is 0 Å². The molecule has 184 valence electrons. The number of para-hydroxylation sites is 1. The number of rotatable bonds is 8. The van der Waals surface area contributed by atoms with E-state index in [1.807, 2.05) is 70.8 Å². The molecule has 0 spiro atoms. The smallest absolute Gasteiger partial charge is 0.262 e. The molecule has 0 N–H and O–H groups in total. The number of fused-ring (bicyclic) bond motifs is 4. The van der Waals surface area contributed by atoms with Crippen LogP contribution >= 0.6 is 11.8 Å². The minimum atomic E-state index is -0.0631. The molecule has 0 unspecified atom stereocenters. The number of hydrogen-bond acceptors (Lipinski definition) is 5. The van der Waals surface area contributed by atoms with E-state index in [2.05, 4.69) is 36.2 Å². The molecule has 2 aromatic heterocycles. The number of aryl methyl sites for hydroxylation is 1. The average molecular weight is 500 g/mol. The number of thioether (sulfide) groups is 1. The van der Waals surface area contributed by atoms with Gasteiger partial charge >= 0.3 is 0 Å². The summed E-state index contributed by atoms with van der Waals surface area (Å²) in [7, 11) is 0. The summed E-state index contributed by atoms with van der Waals surface area (Å²) in [4.78, 5) is 28.5. The van der Waals surface area contributed by atoms with Gasteiger partial charge in [0.1, 0.15) is 0 Å². The normalized spacial score (nSPS) is 11.7. The molecule has 0 aliphatic heterocycles. The lowest BCUT2D eigenvalue weighted by Crippen LogP contribution is -2.32. The molecule has 0 aliphatic carbocycles. The van der Waals surface area contributed by atoms with Gasteiger partial charge in [0.25, 0.3) is 5.56 Å². The van der Waals surface area contributed by atoms with E-state index in [1.54, 1.807) is 4.57 Å². The lowest BCUT2D eigenvalue weighted by atomic mass is 10.1. The first-order valence-electron chi connectivity index (χ1n) is 12.3. The van der Waals surface area contributed by atoms with Gasteiger partial charge in [-0.3, -0.25) is 18.6 Å². The molecule has 8 heteroatoms. The Morgan fingerprint density at radius 2 is 1.69 bits per heavy atom.